The maximum Gasteiger partial charge on any atom is 0.387 e. The van der Waals surface area contributed by atoms with E-state index in [9.17, 15) is 18.4 Å². The SMILES string of the molecule is O=C(COC(=O)/C=C/c1ccc(OC(F)F)cc1)NCc1cccs1. The molecule has 1 aromatic carbocycles. The Hall–Kier alpha value is -2.74. The molecule has 1 heterocycles. The molecule has 0 saturated carbocycles. The number of rotatable bonds is 8. The van der Waals surface area contributed by atoms with E-state index >= 15 is 0 Å². The van der Waals surface area contributed by atoms with Crippen LogP contribution in [-0.2, 0) is 20.9 Å². The molecular weight excluding hydrogens is 352 g/mol. The van der Waals surface area contributed by atoms with Crippen molar-refractivity contribution in [2.24, 2.45) is 0 Å². The van der Waals surface area contributed by atoms with Crippen molar-refractivity contribution in [3.05, 3.63) is 58.3 Å². The third-order valence-corrected chi connectivity index (χ3v) is 3.78. The van der Waals surface area contributed by atoms with Crippen LogP contribution in [0, 0.1) is 0 Å². The summed E-state index contributed by atoms with van der Waals surface area (Å²) in [5, 5.41) is 4.53. The lowest BCUT2D eigenvalue weighted by atomic mass is 10.2. The van der Waals surface area contributed by atoms with Crippen molar-refractivity contribution in [2.45, 2.75) is 13.2 Å². The van der Waals surface area contributed by atoms with Gasteiger partial charge in [0.1, 0.15) is 5.75 Å². The predicted octanol–water partition coefficient (Wildman–Crippen LogP) is 3.22. The maximum absolute atomic E-state index is 12.0. The Morgan fingerprint density at radius 2 is 1.96 bits per heavy atom. The summed E-state index contributed by atoms with van der Waals surface area (Å²) in [6.07, 6.45) is 2.59. The number of nitrogens with one attached hydrogen (secondary N) is 1. The average molecular weight is 367 g/mol. The van der Waals surface area contributed by atoms with Crippen molar-refractivity contribution >= 4 is 29.3 Å². The van der Waals surface area contributed by atoms with Crippen molar-refractivity contribution in [1.82, 2.24) is 5.32 Å². The number of thiophene rings is 1. The van der Waals surface area contributed by atoms with Gasteiger partial charge in [0.15, 0.2) is 6.61 Å². The lowest BCUT2D eigenvalue weighted by Gasteiger charge is -2.04. The lowest BCUT2D eigenvalue weighted by Crippen LogP contribution is -2.27. The van der Waals surface area contributed by atoms with Gasteiger partial charge in [-0.05, 0) is 35.2 Å². The zero-order valence-corrected chi connectivity index (χ0v) is 13.8. The summed E-state index contributed by atoms with van der Waals surface area (Å²) < 4.78 is 33.1. The largest absolute Gasteiger partial charge is 0.452 e. The first-order valence-electron chi connectivity index (χ1n) is 7.22. The Labute approximate surface area is 146 Å². The maximum atomic E-state index is 12.0. The number of carbonyl (C=O) groups is 2. The van der Waals surface area contributed by atoms with Gasteiger partial charge in [0.2, 0.25) is 0 Å². The fourth-order valence-electron chi connectivity index (χ4n) is 1.76. The van der Waals surface area contributed by atoms with Crippen LogP contribution in [0.4, 0.5) is 8.78 Å². The molecule has 0 radical (unpaired) electrons. The van der Waals surface area contributed by atoms with E-state index in [-0.39, 0.29) is 12.4 Å². The molecule has 0 aliphatic rings. The van der Waals surface area contributed by atoms with Crippen LogP contribution in [0.2, 0.25) is 0 Å². The van der Waals surface area contributed by atoms with E-state index in [1.807, 2.05) is 17.5 Å². The van der Waals surface area contributed by atoms with E-state index in [0.29, 0.717) is 12.1 Å². The molecule has 1 aromatic heterocycles. The van der Waals surface area contributed by atoms with Gasteiger partial charge in [-0.3, -0.25) is 4.79 Å². The van der Waals surface area contributed by atoms with Crippen LogP contribution in [0.1, 0.15) is 10.4 Å². The zero-order chi connectivity index (χ0) is 18.1. The molecule has 0 aliphatic carbocycles. The standard InChI is InChI=1S/C17H15F2NO4S/c18-17(19)24-13-6-3-12(4-7-13)5-8-16(22)23-11-15(21)20-10-14-2-1-9-25-14/h1-9,17H,10-11H2,(H,20,21)/b8-5+. The minimum Gasteiger partial charge on any atom is -0.452 e. The lowest BCUT2D eigenvalue weighted by molar-refractivity contribution is -0.143. The minimum atomic E-state index is -2.89. The van der Waals surface area contributed by atoms with Crippen molar-refractivity contribution in [3.63, 3.8) is 0 Å². The molecule has 2 rings (SSSR count). The third kappa shape index (κ3) is 7.13. The molecule has 132 valence electrons. The van der Waals surface area contributed by atoms with E-state index in [1.54, 1.807) is 0 Å². The average Bonchev–Trinajstić information content (AvgIpc) is 3.10. The summed E-state index contributed by atoms with van der Waals surface area (Å²) in [6, 6.07) is 9.50. The molecule has 0 fully saturated rings. The Morgan fingerprint density at radius 1 is 1.20 bits per heavy atom. The van der Waals surface area contributed by atoms with Gasteiger partial charge in [-0.1, -0.05) is 18.2 Å². The van der Waals surface area contributed by atoms with Gasteiger partial charge < -0.3 is 14.8 Å². The Morgan fingerprint density at radius 3 is 2.60 bits per heavy atom. The molecule has 1 N–H and O–H groups in total. The number of ether oxygens (including phenoxy) is 2. The molecule has 25 heavy (non-hydrogen) atoms. The van der Waals surface area contributed by atoms with E-state index < -0.39 is 18.5 Å². The first kappa shape index (κ1) is 18.6. The normalized spacial score (nSPS) is 10.8. The topological polar surface area (TPSA) is 64.6 Å². The Kier molecular flexibility index (Phi) is 7.09. The van der Waals surface area contributed by atoms with Crippen molar-refractivity contribution in [3.8, 4) is 5.75 Å². The van der Waals surface area contributed by atoms with Gasteiger partial charge in [0.05, 0.1) is 6.54 Å². The molecule has 0 unspecified atom stereocenters. The monoisotopic (exact) mass is 367 g/mol. The van der Waals surface area contributed by atoms with Gasteiger partial charge in [-0.15, -0.1) is 11.3 Å². The Bertz CT molecular complexity index is 715. The molecule has 0 atom stereocenters. The summed E-state index contributed by atoms with van der Waals surface area (Å²) >= 11 is 1.51. The third-order valence-electron chi connectivity index (χ3n) is 2.90. The van der Waals surface area contributed by atoms with Crippen LogP contribution in [0.15, 0.2) is 47.9 Å². The molecule has 8 heteroatoms. The number of benzene rings is 1. The second-order valence-electron chi connectivity index (χ2n) is 4.74. The quantitative estimate of drug-likeness (QED) is 0.575. The number of alkyl halides is 2. The first-order chi connectivity index (χ1) is 12.0. The molecule has 0 spiro atoms. The molecule has 5 nitrogen and oxygen atoms in total. The second kappa shape index (κ2) is 9.53. The molecular formula is C17H15F2NO4S. The van der Waals surface area contributed by atoms with E-state index in [0.717, 1.165) is 11.0 Å². The van der Waals surface area contributed by atoms with Gasteiger partial charge in [-0.25, -0.2) is 4.79 Å². The van der Waals surface area contributed by atoms with Gasteiger partial charge >= 0.3 is 12.6 Å². The highest BCUT2D eigenvalue weighted by atomic mass is 32.1. The van der Waals surface area contributed by atoms with Gasteiger partial charge in [-0.2, -0.15) is 8.78 Å². The van der Waals surface area contributed by atoms with E-state index in [1.165, 1.54) is 41.7 Å². The zero-order valence-electron chi connectivity index (χ0n) is 13.0. The summed E-state index contributed by atoms with van der Waals surface area (Å²) in [4.78, 5) is 24.1. The van der Waals surface area contributed by atoms with Crippen LogP contribution in [-0.4, -0.2) is 25.1 Å². The van der Waals surface area contributed by atoms with Crippen molar-refractivity contribution < 1.29 is 27.8 Å². The highest BCUT2D eigenvalue weighted by molar-refractivity contribution is 7.09. The molecule has 2 aromatic rings. The molecule has 0 bridgehead atoms. The highest BCUT2D eigenvalue weighted by Crippen LogP contribution is 2.15. The highest BCUT2D eigenvalue weighted by Gasteiger charge is 2.06. The fraction of sp³-hybridized carbons (Fsp3) is 0.176. The molecule has 1 amide bonds. The number of esters is 1. The minimum absolute atomic E-state index is 0.0251. The van der Waals surface area contributed by atoms with Crippen molar-refractivity contribution in [2.75, 3.05) is 6.61 Å². The first-order valence-corrected chi connectivity index (χ1v) is 8.09. The van der Waals surface area contributed by atoms with Crippen LogP contribution < -0.4 is 10.1 Å². The summed E-state index contributed by atoms with van der Waals surface area (Å²) in [7, 11) is 0. The fourth-order valence-corrected chi connectivity index (χ4v) is 2.40. The van der Waals surface area contributed by atoms with Crippen LogP contribution in [0.5, 0.6) is 5.75 Å². The van der Waals surface area contributed by atoms with E-state index in [4.69, 9.17) is 4.74 Å². The Balaban J connectivity index is 1.71. The summed E-state index contributed by atoms with van der Waals surface area (Å²) in [6.45, 7) is -2.88. The predicted molar refractivity (Wildman–Crippen MR) is 89.2 cm³/mol. The van der Waals surface area contributed by atoms with Gasteiger partial charge in [0, 0.05) is 11.0 Å². The molecule has 0 aliphatic heterocycles. The van der Waals surface area contributed by atoms with Crippen LogP contribution in [0.3, 0.4) is 0 Å². The number of amides is 1. The number of halogens is 2. The second-order valence-corrected chi connectivity index (χ2v) is 5.78. The molecule has 0 saturated heterocycles. The van der Waals surface area contributed by atoms with Gasteiger partial charge in [0.25, 0.3) is 5.91 Å². The number of carbonyl (C=O) groups excluding carboxylic acids is 2. The summed E-state index contributed by atoms with van der Waals surface area (Å²) in [5.41, 5.74) is 0.598. The van der Waals surface area contributed by atoms with Crippen LogP contribution in [0.25, 0.3) is 6.08 Å². The number of hydrogen-bond donors (Lipinski definition) is 1. The smallest absolute Gasteiger partial charge is 0.387 e. The van der Waals surface area contributed by atoms with Crippen LogP contribution >= 0.6 is 11.3 Å². The van der Waals surface area contributed by atoms with Crippen molar-refractivity contribution in [1.29, 1.82) is 0 Å². The summed E-state index contributed by atoms with van der Waals surface area (Å²) in [5.74, 6) is -1.06. The number of hydrogen-bond acceptors (Lipinski definition) is 5. The van der Waals surface area contributed by atoms with E-state index in [2.05, 4.69) is 10.1 Å².